The number of H-pyrrole nitrogens is 1. The summed E-state index contributed by atoms with van der Waals surface area (Å²) in [6.07, 6.45) is 1.81. The van der Waals surface area contributed by atoms with E-state index in [9.17, 15) is 0 Å². The fraction of sp³-hybridized carbons (Fsp3) is 0.333. The Morgan fingerprint density at radius 2 is 2.38 bits per heavy atom. The number of aryl methyl sites for hydroxylation is 1. The largest absolute Gasteiger partial charge is 0.377 e. The van der Waals surface area contributed by atoms with Crippen molar-refractivity contribution in [1.82, 2.24) is 15.0 Å². The summed E-state index contributed by atoms with van der Waals surface area (Å²) in [5, 5.41) is 0. The van der Waals surface area contributed by atoms with Gasteiger partial charge in [-0.3, -0.25) is 0 Å². The third kappa shape index (κ3) is 1.53. The fourth-order valence-corrected chi connectivity index (χ4v) is 1.26. The van der Waals surface area contributed by atoms with Gasteiger partial charge < -0.3 is 9.72 Å². The molecule has 0 saturated carbocycles. The predicted molar refractivity (Wildman–Crippen MR) is 49.3 cm³/mol. The normalized spacial score (nSPS) is 10.9. The summed E-state index contributed by atoms with van der Waals surface area (Å²) in [6, 6.07) is 2.02. The summed E-state index contributed by atoms with van der Waals surface area (Å²) in [5.41, 5.74) is 2.84. The smallest absolute Gasteiger partial charge is 0.177 e. The Hall–Kier alpha value is -1.42. The monoisotopic (exact) mass is 177 g/mol. The summed E-state index contributed by atoms with van der Waals surface area (Å²) in [6.45, 7) is 2.50. The van der Waals surface area contributed by atoms with Crippen molar-refractivity contribution in [2.75, 3.05) is 7.11 Å². The van der Waals surface area contributed by atoms with Crippen LogP contribution in [0.2, 0.25) is 0 Å². The lowest BCUT2D eigenvalue weighted by Gasteiger charge is -1.89. The van der Waals surface area contributed by atoms with E-state index in [0.29, 0.717) is 6.61 Å². The SMILES string of the molecule is COCc1nc2ncc(C)cc2[nH]1. The molecule has 1 N–H and O–H groups in total. The van der Waals surface area contributed by atoms with Crippen molar-refractivity contribution in [3.8, 4) is 0 Å². The van der Waals surface area contributed by atoms with Crippen LogP contribution in [-0.2, 0) is 11.3 Å². The molecular formula is C9H11N3O. The molecule has 0 aromatic carbocycles. The van der Waals surface area contributed by atoms with Crippen LogP contribution in [0.4, 0.5) is 0 Å². The van der Waals surface area contributed by atoms with E-state index in [2.05, 4.69) is 15.0 Å². The molecule has 0 amide bonds. The number of ether oxygens (including phenoxy) is 1. The summed E-state index contributed by atoms with van der Waals surface area (Å²) in [7, 11) is 1.64. The molecule has 13 heavy (non-hydrogen) atoms. The first-order valence-electron chi connectivity index (χ1n) is 4.10. The van der Waals surface area contributed by atoms with Crippen molar-refractivity contribution in [3.63, 3.8) is 0 Å². The highest BCUT2D eigenvalue weighted by Gasteiger charge is 2.02. The van der Waals surface area contributed by atoms with Crippen molar-refractivity contribution in [2.45, 2.75) is 13.5 Å². The van der Waals surface area contributed by atoms with E-state index in [0.717, 1.165) is 22.6 Å². The maximum atomic E-state index is 4.97. The topological polar surface area (TPSA) is 50.8 Å². The lowest BCUT2D eigenvalue weighted by Crippen LogP contribution is -1.88. The van der Waals surface area contributed by atoms with Crippen LogP contribution in [-0.4, -0.2) is 22.1 Å². The molecule has 0 aliphatic rings. The number of hydrogen-bond donors (Lipinski definition) is 1. The zero-order valence-electron chi connectivity index (χ0n) is 7.66. The first kappa shape index (κ1) is 8.19. The van der Waals surface area contributed by atoms with Crippen LogP contribution in [0.5, 0.6) is 0 Å². The Bertz CT molecular complexity index is 422. The summed E-state index contributed by atoms with van der Waals surface area (Å²) in [4.78, 5) is 11.6. The quantitative estimate of drug-likeness (QED) is 0.754. The van der Waals surface area contributed by atoms with Gasteiger partial charge in [-0.15, -0.1) is 0 Å². The molecule has 0 atom stereocenters. The van der Waals surface area contributed by atoms with E-state index >= 15 is 0 Å². The lowest BCUT2D eigenvalue weighted by molar-refractivity contribution is 0.179. The number of nitrogens with zero attached hydrogens (tertiary/aromatic N) is 2. The number of fused-ring (bicyclic) bond motifs is 1. The average molecular weight is 177 g/mol. The molecule has 0 spiro atoms. The second-order valence-electron chi connectivity index (χ2n) is 3.00. The van der Waals surface area contributed by atoms with E-state index < -0.39 is 0 Å². The fourth-order valence-electron chi connectivity index (χ4n) is 1.26. The van der Waals surface area contributed by atoms with Crippen LogP contribution in [0.3, 0.4) is 0 Å². The summed E-state index contributed by atoms with van der Waals surface area (Å²) < 4.78 is 4.97. The van der Waals surface area contributed by atoms with Gasteiger partial charge >= 0.3 is 0 Å². The summed E-state index contributed by atoms with van der Waals surface area (Å²) in [5.74, 6) is 0.815. The van der Waals surface area contributed by atoms with Crippen LogP contribution < -0.4 is 0 Å². The maximum absolute atomic E-state index is 4.97. The standard InChI is InChI=1S/C9H11N3O/c1-6-3-7-9(10-4-6)12-8(11-7)5-13-2/h3-4H,5H2,1-2H3,(H,10,11,12). The highest BCUT2D eigenvalue weighted by molar-refractivity contribution is 5.70. The molecule has 0 aliphatic carbocycles. The average Bonchev–Trinajstić information content (AvgIpc) is 2.46. The molecule has 2 aromatic heterocycles. The molecule has 0 saturated heterocycles. The van der Waals surface area contributed by atoms with E-state index in [1.807, 2.05) is 13.0 Å². The lowest BCUT2D eigenvalue weighted by atomic mass is 10.3. The first-order valence-corrected chi connectivity index (χ1v) is 4.10. The van der Waals surface area contributed by atoms with Crippen molar-refractivity contribution >= 4 is 11.2 Å². The van der Waals surface area contributed by atoms with Crippen LogP contribution >= 0.6 is 0 Å². The Morgan fingerprint density at radius 1 is 1.54 bits per heavy atom. The number of rotatable bonds is 2. The number of imidazole rings is 1. The van der Waals surface area contributed by atoms with Gasteiger partial charge in [0.25, 0.3) is 0 Å². The number of aromatic nitrogens is 3. The van der Waals surface area contributed by atoms with E-state index in [-0.39, 0.29) is 0 Å². The molecule has 0 unspecified atom stereocenters. The second kappa shape index (κ2) is 3.14. The van der Waals surface area contributed by atoms with Gasteiger partial charge in [-0.05, 0) is 18.6 Å². The number of methoxy groups -OCH3 is 1. The van der Waals surface area contributed by atoms with Gasteiger partial charge in [0.15, 0.2) is 5.65 Å². The minimum Gasteiger partial charge on any atom is -0.377 e. The van der Waals surface area contributed by atoms with Crippen molar-refractivity contribution in [3.05, 3.63) is 23.7 Å². The Morgan fingerprint density at radius 3 is 3.15 bits per heavy atom. The molecule has 2 heterocycles. The molecule has 4 heteroatoms. The molecule has 2 aromatic rings. The molecule has 68 valence electrons. The molecule has 0 fully saturated rings. The van der Waals surface area contributed by atoms with Gasteiger partial charge in [-0.1, -0.05) is 0 Å². The Balaban J connectivity index is 2.49. The van der Waals surface area contributed by atoms with E-state index in [1.54, 1.807) is 13.3 Å². The first-order chi connectivity index (χ1) is 6.29. The van der Waals surface area contributed by atoms with Crippen LogP contribution in [0, 0.1) is 6.92 Å². The highest BCUT2D eigenvalue weighted by Crippen LogP contribution is 2.10. The zero-order chi connectivity index (χ0) is 9.26. The Labute approximate surface area is 76.0 Å². The summed E-state index contributed by atoms with van der Waals surface area (Å²) >= 11 is 0. The van der Waals surface area contributed by atoms with Gasteiger partial charge in [0.1, 0.15) is 12.4 Å². The van der Waals surface area contributed by atoms with Crippen LogP contribution in [0.25, 0.3) is 11.2 Å². The Kier molecular flexibility index (Phi) is 1.98. The molecule has 2 rings (SSSR count). The number of nitrogens with one attached hydrogen (secondary N) is 1. The third-order valence-corrected chi connectivity index (χ3v) is 1.80. The van der Waals surface area contributed by atoms with Crippen molar-refractivity contribution in [2.24, 2.45) is 0 Å². The molecular weight excluding hydrogens is 166 g/mol. The van der Waals surface area contributed by atoms with Crippen molar-refractivity contribution in [1.29, 1.82) is 0 Å². The van der Waals surface area contributed by atoms with E-state index in [1.165, 1.54) is 0 Å². The minimum absolute atomic E-state index is 0.495. The predicted octanol–water partition coefficient (Wildman–Crippen LogP) is 1.41. The van der Waals surface area contributed by atoms with Gasteiger partial charge in [0.05, 0.1) is 5.52 Å². The van der Waals surface area contributed by atoms with Gasteiger partial charge in [-0.25, -0.2) is 9.97 Å². The molecule has 0 aliphatic heterocycles. The second-order valence-corrected chi connectivity index (χ2v) is 3.00. The highest BCUT2D eigenvalue weighted by atomic mass is 16.5. The number of aromatic amines is 1. The van der Waals surface area contributed by atoms with Gasteiger partial charge in [0.2, 0.25) is 0 Å². The molecule has 0 radical (unpaired) electrons. The number of hydrogen-bond acceptors (Lipinski definition) is 3. The molecule has 4 nitrogen and oxygen atoms in total. The minimum atomic E-state index is 0.495. The van der Waals surface area contributed by atoms with Crippen LogP contribution in [0.1, 0.15) is 11.4 Å². The number of pyridine rings is 1. The van der Waals surface area contributed by atoms with Gasteiger partial charge in [0, 0.05) is 13.3 Å². The third-order valence-electron chi connectivity index (χ3n) is 1.80. The van der Waals surface area contributed by atoms with Crippen LogP contribution in [0.15, 0.2) is 12.3 Å². The van der Waals surface area contributed by atoms with E-state index in [4.69, 9.17) is 4.74 Å². The van der Waals surface area contributed by atoms with Crippen molar-refractivity contribution < 1.29 is 4.74 Å². The maximum Gasteiger partial charge on any atom is 0.177 e. The molecule has 0 bridgehead atoms. The van der Waals surface area contributed by atoms with Gasteiger partial charge in [-0.2, -0.15) is 0 Å². The zero-order valence-corrected chi connectivity index (χ0v) is 7.66.